The van der Waals surface area contributed by atoms with Crippen LogP contribution in [0.25, 0.3) is 11.0 Å². The van der Waals surface area contributed by atoms with E-state index in [9.17, 15) is 24.0 Å². The summed E-state index contributed by atoms with van der Waals surface area (Å²) in [5.74, 6) is -0.253. The second-order valence-corrected chi connectivity index (χ2v) is 14.1. The number of nitrogens with zero attached hydrogens (tertiary/aromatic N) is 4. The molecule has 0 aliphatic rings. The molecule has 0 spiro atoms. The molecule has 0 saturated carbocycles. The predicted octanol–water partition coefficient (Wildman–Crippen LogP) is 4.61. The maximum Gasteiger partial charge on any atom is 0.330 e. The summed E-state index contributed by atoms with van der Waals surface area (Å²) < 4.78 is 18.5. The molecule has 0 saturated heterocycles. The van der Waals surface area contributed by atoms with Gasteiger partial charge in [-0.1, -0.05) is 60.7 Å². The summed E-state index contributed by atoms with van der Waals surface area (Å²) in [6, 6.07) is 35.4. The highest BCUT2D eigenvalue weighted by atomic mass is 16.5. The van der Waals surface area contributed by atoms with E-state index in [4.69, 9.17) is 14.2 Å². The molecule has 14 heteroatoms. The number of methoxy groups -OCH3 is 3. The highest BCUT2D eigenvalue weighted by Crippen LogP contribution is 2.23. The quantitative estimate of drug-likeness (QED) is 0.136. The van der Waals surface area contributed by atoms with E-state index >= 15 is 0 Å². The molecular weight excluding hydrogens is 765 g/mol. The van der Waals surface area contributed by atoms with Crippen LogP contribution >= 0.6 is 0 Å². The molecule has 60 heavy (non-hydrogen) atoms. The van der Waals surface area contributed by atoms with Gasteiger partial charge >= 0.3 is 5.69 Å². The zero-order chi connectivity index (χ0) is 42.8. The van der Waals surface area contributed by atoms with Crippen LogP contribution in [0.2, 0.25) is 0 Å². The lowest BCUT2D eigenvalue weighted by Crippen LogP contribution is -2.50. The fourth-order valence-corrected chi connectivity index (χ4v) is 6.93. The third kappa shape index (κ3) is 10.0. The third-order valence-electron chi connectivity index (χ3n) is 10.2. The first-order valence-electron chi connectivity index (χ1n) is 19.3. The molecule has 0 fully saturated rings. The summed E-state index contributed by atoms with van der Waals surface area (Å²) >= 11 is 0. The van der Waals surface area contributed by atoms with Crippen LogP contribution in [0.3, 0.4) is 0 Å². The van der Waals surface area contributed by atoms with Crippen molar-refractivity contribution in [3.8, 4) is 17.2 Å². The number of imidazole rings is 1. The third-order valence-corrected chi connectivity index (χ3v) is 10.2. The Morgan fingerprint density at radius 3 is 1.32 bits per heavy atom. The summed E-state index contributed by atoms with van der Waals surface area (Å²) in [4.78, 5) is 72.9. The SMILES string of the molecule is COc1ccc(N(C)C(=O)C(Cc2ccccc2)NC(=O)Cn2c(=O)n(CC(=O)N[C@@H](Cc3ccccc3)C(=O)N(C)c3ccc(OC)cc3)c3ccc(OC)cc32)cc1. The molecule has 0 aliphatic carbocycles. The molecule has 1 unspecified atom stereocenters. The van der Waals surface area contributed by atoms with Gasteiger partial charge in [0.1, 0.15) is 42.4 Å². The summed E-state index contributed by atoms with van der Waals surface area (Å²) in [5, 5.41) is 5.73. The van der Waals surface area contributed by atoms with Crippen molar-refractivity contribution in [2.24, 2.45) is 0 Å². The molecule has 310 valence electrons. The lowest BCUT2D eigenvalue weighted by Gasteiger charge is -2.25. The standard InChI is InChI=1S/C46H48N6O8/c1-49(33-16-20-35(58-3)21-17-33)44(55)38(26-31-12-8-6-9-13-31)47-42(53)29-51-40-25-24-37(60-5)28-41(40)52(46(51)57)30-43(54)48-39(27-32-14-10-7-11-15-32)45(56)50(2)34-18-22-36(59-4)23-19-34/h6-25,28,38-39H,26-27,29-30H2,1-5H3,(H,47,53)(H,48,54)/t38-,39?/m0/s1. The minimum absolute atomic E-state index is 0.188. The minimum atomic E-state index is -0.994. The highest BCUT2D eigenvalue weighted by Gasteiger charge is 2.29. The molecule has 0 radical (unpaired) electrons. The van der Waals surface area contributed by atoms with Crippen LogP contribution in [0.5, 0.6) is 17.2 Å². The maximum absolute atomic E-state index is 14.2. The first-order valence-corrected chi connectivity index (χ1v) is 19.3. The Balaban J connectivity index is 1.26. The maximum atomic E-state index is 14.2. The van der Waals surface area contributed by atoms with Crippen LogP contribution < -0.4 is 40.3 Å². The van der Waals surface area contributed by atoms with Crippen LogP contribution in [0.1, 0.15) is 11.1 Å². The highest BCUT2D eigenvalue weighted by molar-refractivity contribution is 6.00. The summed E-state index contributed by atoms with van der Waals surface area (Å²) in [6.07, 6.45) is 0.379. The summed E-state index contributed by atoms with van der Waals surface area (Å²) in [5.41, 5.74) is 2.89. The van der Waals surface area contributed by atoms with Gasteiger partial charge in [0.25, 0.3) is 0 Å². The van der Waals surface area contributed by atoms with Gasteiger partial charge in [0.2, 0.25) is 23.6 Å². The Hall–Kier alpha value is -7.35. The number of fused-ring (bicyclic) bond motifs is 1. The predicted molar refractivity (Wildman–Crippen MR) is 230 cm³/mol. The average molecular weight is 813 g/mol. The zero-order valence-corrected chi connectivity index (χ0v) is 34.2. The molecule has 1 aromatic heterocycles. The molecule has 5 aromatic carbocycles. The number of nitrogens with one attached hydrogen (secondary N) is 2. The van der Waals surface area contributed by atoms with Crippen molar-refractivity contribution >= 4 is 46.0 Å². The number of hydrogen-bond donors (Lipinski definition) is 2. The molecule has 2 N–H and O–H groups in total. The number of ether oxygens (including phenoxy) is 3. The van der Waals surface area contributed by atoms with Crippen molar-refractivity contribution in [1.82, 2.24) is 19.8 Å². The molecule has 6 aromatic rings. The lowest BCUT2D eigenvalue weighted by molar-refractivity contribution is -0.128. The normalized spacial score (nSPS) is 11.9. The van der Waals surface area contributed by atoms with Crippen LogP contribution in [0, 0.1) is 0 Å². The van der Waals surface area contributed by atoms with E-state index in [1.54, 1.807) is 95.0 Å². The van der Waals surface area contributed by atoms with Crippen LogP contribution in [-0.4, -0.2) is 80.3 Å². The number of rotatable bonds is 17. The number of anilines is 2. The van der Waals surface area contributed by atoms with E-state index in [-0.39, 0.29) is 24.7 Å². The number of hydrogen-bond acceptors (Lipinski definition) is 8. The molecule has 0 aliphatic heterocycles. The largest absolute Gasteiger partial charge is 0.497 e. The number of aromatic nitrogens is 2. The smallest absolute Gasteiger partial charge is 0.330 e. The Morgan fingerprint density at radius 1 is 0.533 bits per heavy atom. The zero-order valence-electron chi connectivity index (χ0n) is 34.2. The molecule has 2 atom stereocenters. The van der Waals surface area contributed by atoms with Gasteiger partial charge in [-0.25, -0.2) is 4.79 Å². The summed E-state index contributed by atoms with van der Waals surface area (Å²) in [6.45, 7) is -0.924. The Bertz CT molecular complexity index is 2490. The Labute approximate surface area is 347 Å². The van der Waals surface area contributed by atoms with Gasteiger partial charge in [-0.3, -0.25) is 28.3 Å². The fraction of sp³-hybridized carbons (Fsp3) is 0.239. The second-order valence-electron chi connectivity index (χ2n) is 14.1. The number of amides is 4. The lowest BCUT2D eigenvalue weighted by atomic mass is 10.0. The van der Waals surface area contributed by atoms with E-state index in [0.29, 0.717) is 39.7 Å². The van der Waals surface area contributed by atoms with Crippen molar-refractivity contribution in [1.29, 1.82) is 0 Å². The fourth-order valence-electron chi connectivity index (χ4n) is 6.93. The van der Waals surface area contributed by atoms with E-state index in [1.807, 2.05) is 60.7 Å². The number of carbonyl (C=O) groups excluding carboxylic acids is 4. The van der Waals surface area contributed by atoms with Gasteiger partial charge < -0.3 is 34.6 Å². The van der Waals surface area contributed by atoms with Gasteiger partial charge in [0.05, 0.1) is 32.4 Å². The van der Waals surface area contributed by atoms with Crippen molar-refractivity contribution in [3.05, 3.63) is 149 Å². The van der Waals surface area contributed by atoms with Gasteiger partial charge in [-0.2, -0.15) is 0 Å². The molecule has 4 amide bonds. The van der Waals surface area contributed by atoms with Gasteiger partial charge in [-0.05, 0) is 71.8 Å². The minimum Gasteiger partial charge on any atom is -0.497 e. The van der Waals surface area contributed by atoms with Crippen molar-refractivity contribution in [2.75, 3.05) is 45.2 Å². The Morgan fingerprint density at radius 2 is 0.917 bits per heavy atom. The molecule has 6 rings (SSSR count). The first kappa shape index (κ1) is 42.3. The van der Waals surface area contributed by atoms with E-state index in [2.05, 4.69) is 10.6 Å². The van der Waals surface area contributed by atoms with Crippen LogP contribution in [0.15, 0.2) is 132 Å². The van der Waals surface area contributed by atoms with E-state index < -0.39 is 42.7 Å². The van der Waals surface area contributed by atoms with E-state index in [1.165, 1.54) is 26.0 Å². The van der Waals surface area contributed by atoms with E-state index in [0.717, 1.165) is 11.1 Å². The van der Waals surface area contributed by atoms with Crippen molar-refractivity contribution < 1.29 is 33.4 Å². The summed E-state index contributed by atoms with van der Waals surface area (Å²) in [7, 11) is 7.84. The second kappa shape index (κ2) is 19.4. The van der Waals surface area contributed by atoms with Crippen LogP contribution in [-0.2, 0) is 45.1 Å². The topological polar surface area (TPSA) is 153 Å². The first-order chi connectivity index (χ1) is 29.0. The number of carbonyl (C=O) groups is 4. The number of likely N-dealkylation sites (N-methyl/N-ethyl adjacent to an activating group) is 2. The van der Waals surface area contributed by atoms with Gasteiger partial charge in [0.15, 0.2) is 0 Å². The van der Waals surface area contributed by atoms with Crippen molar-refractivity contribution in [3.63, 3.8) is 0 Å². The average Bonchev–Trinajstić information content (AvgIpc) is 3.53. The van der Waals surface area contributed by atoms with Crippen molar-refractivity contribution in [2.45, 2.75) is 38.0 Å². The molecule has 14 nitrogen and oxygen atoms in total. The monoisotopic (exact) mass is 812 g/mol. The molecule has 1 heterocycles. The molecule has 0 bridgehead atoms. The van der Waals surface area contributed by atoms with Gasteiger partial charge in [0, 0.05) is 44.4 Å². The van der Waals surface area contributed by atoms with Gasteiger partial charge in [-0.15, -0.1) is 0 Å². The van der Waals surface area contributed by atoms with Crippen LogP contribution in [0.4, 0.5) is 11.4 Å². The number of benzene rings is 5. The molecular formula is C46H48N6O8. The Kier molecular flexibility index (Phi) is 13.7.